The van der Waals surface area contributed by atoms with Crippen molar-refractivity contribution in [2.45, 2.75) is 83.7 Å². The third kappa shape index (κ3) is 7.21. The summed E-state index contributed by atoms with van der Waals surface area (Å²) < 4.78 is 4.38. The molecule has 1 aliphatic rings. The zero-order valence-corrected chi connectivity index (χ0v) is 13.8. The summed E-state index contributed by atoms with van der Waals surface area (Å²) in [6.07, 6.45) is 15.8. The molecule has 0 aromatic heterocycles. The van der Waals surface area contributed by atoms with Crippen LogP contribution in [-0.2, 0) is 14.3 Å². The third-order valence-corrected chi connectivity index (χ3v) is 4.16. The number of carbonyl (C=O) groups excluding carboxylic acids is 2. The van der Waals surface area contributed by atoms with E-state index >= 15 is 0 Å². The molecule has 0 spiro atoms. The van der Waals surface area contributed by atoms with Crippen molar-refractivity contribution < 1.29 is 19.4 Å². The van der Waals surface area contributed by atoms with Crippen molar-refractivity contribution in [2.24, 2.45) is 5.92 Å². The summed E-state index contributed by atoms with van der Waals surface area (Å²) in [6, 6.07) is 0. The molecule has 1 N–H and O–H groups in total. The summed E-state index contributed by atoms with van der Waals surface area (Å²) in [5.41, 5.74) is 0. The van der Waals surface area contributed by atoms with E-state index < -0.39 is 24.0 Å². The van der Waals surface area contributed by atoms with Gasteiger partial charge in [0, 0.05) is 0 Å². The van der Waals surface area contributed by atoms with E-state index in [0.717, 1.165) is 12.8 Å². The van der Waals surface area contributed by atoms with Crippen LogP contribution in [0.3, 0.4) is 0 Å². The molecular weight excluding hydrogens is 280 g/mol. The van der Waals surface area contributed by atoms with Crippen LogP contribution in [-0.4, -0.2) is 23.1 Å². The maximum absolute atomic E-state index is 11.3. The van der Waals surface area contributed by atoms with Crippen LogP contribution in [0.5, 0.6) is 0 Å². The number of unbranched alkanes of at least 4 members (excludes halogenated alkanes) is 9. The lowest BCUT2D eigenvalue weighted by Crippen LogP contribution is -2.22. The van der Waals surface area contributed by atoms with Crippen LogP contribution in [0.15, 0.2) is 12.2 Å². The molecule has 0 saturated carbocycles. The molecule has 0 amide bonds. The molecule has 0 aromatic carbocycles. The average molecular weight is 310 g/mol. The number of esters is 2. The minimum atomic E-state index is -1.29. The fourth-order valence-electron chi connectivity index (χ4n) is 2.69. The van der Waals surface area contributed by atoms with E-state index in [2.05, 4.69) is 11.7 Å². The smallest absolute Gasteiger partial charge is 0.343 e. The number of rotatable bonds is 12. The summed E-state index contributed by atoms with van der Waals surface area (Å²) in [6.45, 7) is 2.24. The Kier molecular flexibility index (Phi) is 9.80. The molecule has 126 valence electrons. The first-order chi connectivity index (χ1) is 10.7. The SMILES string of the molecule is CCCCCCCCCCCC=CCC1C(=O)OC(=O)C1O. The van der Waals surface area contributed by atoms with Gasteiger partial charge in [-0.05, 0) is 19.3 Å². The number of aliphatic hydroxyl groups is 1. The summed E-state index contributed by atoms with van der Waals surface area (Å²) in [7, 11) is 0. The van der Waals surface area contributed by atoms with Gasteiger partial charge < -0.3 is 9.84 Å². The average Bonchev–Trinajstić information content (AvgIpc) is 2.74. The number of allylic oxidation sites excluding steroid dienone is 2. The highest BCUT2D eigenvalue weighted by molar-refractivity contribution is 5.97. The third-order valence-electron chi connectivity index (χ3n) is 4.16. The van der Waals surface area contributed by atoms with Crippen LogP contribution in [0.4, 0.5) is 0 Å². The van der Waals surface area contributed by atoms with Gasteiger partial charge in [-0.15, -0.1) is 0 Å². The van der Waals surface area contributed by atoms with Crippen LogP contribution in [0.1, 0.15) is 77.6 Å². The van der Waals surface area contributed by atoms with Gasteiger partial charge in [-0.1, -0.05) is 70.4 Å². The molecule has 4 nitrogen and oxygen atoms in total. The van der Waals surface area contributed by atoms with Crippen LogP contribution in [0.2, 0.25) is 0 Å². The number of hydrogen-bond acceptors (Lipinski definition) is 4. The molecule has 1 saturated heterocycles. The Labute approximate surface area is 133 Å². The summed E-state index contributed by atoms with van der Waals surface area (Å²) in [5, 5.41) is 9.48. The number of cyclic esters (lactones) is 2. The molecule has 0 aromatic rings. The summed E-state index contributed by atoms with van der Waals surface area (Å²) in [5.74, 6) is -2.14. The van der Waals surface area contributed by atoms with E-state index in [4.69, 9.17) is 0 Å². The van der Waals surface area contributed by atoms with Gasteiger partial charge in [-0.3, -0.25) is 4.79 Å². The van der Waals surface area contributed by atoms with E-state index in [1.807, 2.05) is 12.2 Å². The van der Waals surface area contributed by atoms with Gasteiger partial charge in [-0.25, -0.2) is 4.79 Å². The second-order valence-corrected chi connectivity index (χ2v) is 6.12. The molecule has 1 heterocycles. The Bertz CT molecular complexity index is 362. The van der Waals surface area contributed by atoms with Crippen molar-refractivity contribution in [3.8, 4) is 0 Å². The topological polar surface area (TPSA) is 63.6 Å². The van der Waals surface area contributed by atoms with E-state index in [9.17, 15) is 14.7 Å². The lowest BCUT2D eigenvalue weighted by Gasteiger charge is -2.04. The second kappa shape index (κ2) is 11.4. The van der Waals surface area contributed by atoms with Gasteiger partial charge in [-0.2, -0.15) is 0 Å². The lowest BCUT2D eigenvalue weighted by molar-refractivity contribution is -0.154. The second-order valence-electron chi connectivity index (χ2n) is 6.12. The fourth-order valence-corrected chi connectivity index (χ4v) is 2.69. The van der Waals surface area contributed by atoms with Gasteiger partial charge in [0.2, 0.25) is 0 Å². The number of hydrogen-bond donors (Lipinski definition) is 1. The highest BCUT2D eigenvalue weighted by atomic mass is 16.6. The molecule has 2 unspecified atom stereocenters. The number of ether oxygens (including phenoxy) is 1. The largest absolute Gasteiger partial charge is 0.391 e. The number of carbonyl (C=O) groups is 2. The quantitative estimate of drug-likeness (QED) is 0.257. The first-order valence-corrected chi connectivity index (χ1v) is 8.75. The summed E-state index contributed by atoms with van der Waals surface area (Å²) in [4.78, 5) is 22.3. The van der Waals surface area contributed by atoms with Crippen molar-refractivity contribution in [3.05, 3.63) is 12.2 Å². The van der Waals surface area contributed by atoms with Gasteiger partial charge in [0.15, 0.2) is 6.10 Å². The Hall–Kier alpha value is -1.16. The van der Waals surface area contributed by atoms with E-state index in [1.54, 1.807) is 0 Å². The Balaban J connectivity index is 1.94. The van der Waals surface area contributed by atoms with Gasteiger partial charge in [0.05, 0.1) is 5.92 Å². The molecule has 1 fully saturated rings. The normalized spacial score (nSPS) is 21.7. The monoisotopic (exact) mass is 310 g/mol. The van der Waals surface area contributed by atoms with Crippen molar-refractivity contribution >= 4 is 11.9 Å². The summed E-state index contributed by atoms with van der Waals surface area (Å²) >= 11 is 0. The van der Waals surface area contributed by atoms with Crippen molar-refractivity contribution in [1.82, 2.24) is 0 Å². The van der Waals surface area contributed by atoms with E-state index in [0.29, 0.717) is 6.42 Å². The van der Waals surface area contributed by atoms with Crippen LogP contribution >= 0.6 is 0 Å². The molecule has 22 heavy (non-hydrogen) atoms. The highest BCUT2D eigenvalue weighted by Crippen LogP contribution is 2.21. The molecule has 2 atom stereocenters. The fraction of sp³-hybridized carbons (Fsp3) is 0.778. The highest BCUT2D eigenvalue weighted by Gasteiger charge is 2.42. The van der Waals surface area contributed by atoms with Gasteiger partial charge in [0.25, 0.3) is 0 Å². The van der Waals surface area contributed by atoms with Gasteiger partial charge >= 0.3 is 11.9 Å². The standard InChI is InChI=1S/C18H30O4/c1-2-3-4-5-6-7-8-9-10-11-12-13-14-15-16(19)18(21)22-17(15)20/h12-13,15-16,19H,2-11,14H2,1H3. The Morgan fingerprint density at radius 3 is 2.05 bits per heavy atom. The minimum absolute atomic E-state index is 0.378. The molecule has 1 rings (SSSR count). The molecular formula is C18H30O4. The van der Waals surface area contributed by atoms with E-state index in [1.165, 1.54) is 51.4 Å². The predicted molar refractivity (Wildman–Crippen MR) is 86.2 cm³/mol. The zero-order valence-electron chi connectivity index (χ0n) is 13.8. The van der Waals surface area contributed by atoms with Crippen molar-refractivity contribution in [3.63, 3.8) is 0 Å². The molecule has 1 aliphatic heterocycles. The minimum Gasteiger partial charge on any atom is -0.391 e. The molecule has 0 bridgehead atoms. The Morgan fingerprint density at radius 2 is 1.50 bits per heavy atom. The lowest BCUT2D eigenvalue weighted by atomic mass is 10.0. The molecule has 4 heteroatoms. The first kappa shape index (κ1) is 18.9. The van der Waals surface area contributed by atoms with E-state index in [-0.39, 0.29) is 0 Å². The predicted octanol–water partition coefficient (Wildman–Crippen LogP) is 3.91. The van der Waals surface area contributed by atoms with Crippen molar-refractivity contribution in [2.75, 3.05) is 0 Å². The van der Waals surface area contributed by atoms with Crippen LogP contribution in [0.25, 0.3) is 0 Å². The maximum atomic E-state index is 11.3. The maximum Gasteiger partial charge on any atom is 0.343 e. The first-order valence-electron chi connectivity index (χ1n) is 8.75. The molecule has 0 aliphatic carbocycles. The van der Waals surface area contributed by atoms with Gasteiger partial charge in [0.1, 0.15) is 0 Å². The zero-order chi connectivity index (χ0) is 16.2. The molecule has 0 radical (unpaired) electrons. The Morgan fingerprint density at radius 1 is 0.909 bits per heavy atom. The van der Waals surface area contributed by atoms with Crippen LogP contribution < -0.4 is 0 Å². The van der Waals surface area contributed by atoms with Crippen molar-refractivity contribution in [1.29, 1.82) is 0 Å². The number of aliphatic hydroxyl groups excluding tert-OH is 1. The van der Waals surface area contributed by atoms with Crippen LogP contribution in [0, 0.1) is 5.92 Å².